The van der Waals surface area contributed by atoms with Crippen molar-refractivity contribution in [3.63, 3.8) is 0 Å². The van der Waals surface area contributed by atoms with Crippen LogP contribution in [-0.4, -0.2) is 9.78 Å². The standard InChI is InChI=1S/C16H22BrN3/c1-12(14-6-5-7-15(17)8-14)18-9-13-10-19-20(11-13)16(2,3)4/h5-8,10-12,18H,9H2,1-4H3/t12-/m0/s1. The molecule has 1 aromatic heterocycles. The van der Waals surface area contributed by atoms with Crippen LogP contribution in [0.3, 0.4) is 0 Å². The molecule has 0 amide bonds. The van der Waals surface area contributed by atoms with Gasteiger partial charge in [-0.05, 0) is 45.4 Å². The minimum atomic E-state index is 0.0359. The van der Waals surface area contributed by atoms with Gasteiger partial charge in [0.05, 0.1) is 11.7 Å². The van der Waals surface area contributed by atoms with Crippen LogP contribution in [0.2, 0.25) is 0 Å². The average Bonchev–Trinajstić information content (AvgIpc) is 2.84. The summed E-state index contributed by atoms with van der Waals surface area (Å²) in [6.45, 7) is 9.46. The van der Waals surface area contributed by atoms with Crippen LogP contribution in [0.4, 0.5) is 0 Å². The Kier molecular flexibility index (Phi) is 4.66. The molecule has 108 valence electrons. The van der Waals surface area contributed by atoms with Crippen molar-refractivity contribution in [2.45, 2.75) is 45.8 Å². The Hall–Kier alpha value is -1.13. The van der Waals surface area contributed by atoms with Crippen molar-refractivity contribution in [1.29, 1.82) is 0 Å². The van der Waals surface area contributed by atoms with Gasteiger partial charge in [0.15, 0.2) is 0 Å². The quantitative estimate of drug-likeness (QED) is 0.904. The highest BCUT2D eigenvalue weighted by Gasteiger charge is 2.14. The van der Waals surface area contributed by atoms with Crippen LogP contribution in [0.5, 0.6) is 0 Å². The van der Waals surface area contributed by atoms with Crippen molar-refractivity contribution < 1.29 is 0 Å². The highest BCUT2D eigenvalue weighted by atomic mass is 79.9. The predicted molar refractivity (Wildman–Crippen MR) is 86.6 cm³/mol. The molecule has 1 heterocycles. The number of benzene rings is 1. The Balaban J connectivity index is 1.97. The van der Waals surface area contributed by atoms with Gasteiger partial charge in [0, 0.05) is 28.8 Å². The molecule has 4 heteroatoms. The molecule has 20 heavy (non-hydrogen) atoms. The van der Waals surface area contributed by atoms with Crippen molar-refractivity contribution in [3.05, 3.63) is 52.3 Å². The fourth-order valence-electron chi connectivity index (χ4n) is 1.98. The highest BCUT2D eigenvalue weighted by Crippen LogP contribution is 2.18. The smallest absolute Gasteiger partial charge is 0.0543 e. The molecule has 0 spiro atoms. The molecule has 0 aliphatic heterocycles. The molecule has 0 fully saturated rings. The van der Waals surface area contributed by atoms with Crippen molar-refractivity contribution in [3.8, 4) is 0 Å². The maximum atomic E-state index is 4.42. The summed E-state index contributed by atoms with van der Waals surface area (Å²) in [5, 5.41) is 7.95. The molecule has 0 bridgehead atoms. The number of nitrogens with one attached hydrogen (secondary N) is 1. The monoisotopic (exact) mass is 335 g/mol. The van der Waals surface area contributed by atoms with Crippen LogP contribution in [-0.2, 0) is 12.1 Å². The van der Waals surface area contributed by atoms with Crippen molar-refractivity contribution >= 4 is 15.9 Å². The minimum absolute atomic E-state index is 0.0359. The van der Waals surface area contributed by atoms with Crippen molar-refractivity contribution in [2.75, 3.05) is 0 Å². The van der Waals surface area contributed by atoms with Crippen LogP contribution in [0.25, 0.3) is 0 Å². The lowest BCUT2D eigenvalue weighted by atomic mass is 10.1. The van der Waals surface area contributed by atoms with Crippen LogP contribution in [0.1, 0.15) is 44.9 Å². The van der Waals surface area contributed by atoms with Crippen molar-refractivity contribution in [2.24, 2.45) is 0 Å². The third kappa shape index (κ3) is 3.93. The second-order valence-electron chi connectivity index (χ2n) is 6.12. The first kappa shape index (κ1) is 15.3. The van der Waals surface area contributed by atoms with Gasteiger partial charge in [0.25, 0.3) is 0 Å². The number of halogens is 1. The van der Waals surface area contributed by atoms with E-state index in [0.29, 0.717) is 6.04 Å². The van der Waals surface area contributed by atoms with Gasteiger partial charge in [-0.15, -0.1) is 0 Å². The molecule has 0 radical (unpaired) electrons. The predicted octanol–water partition coefficient (Wildman–Crippen LogP) is 4.25. The third-order valence-corrected chi connectivity index (χ3v) is 3.78. The maximum Gasteiger partial charge on any atom is 0.0543 e. The normalized spacial score (nSPS) is 13.4. The lowest BCUT2D eigenvalue weighted by Gasteiger charge is -2.18. The zero-order chi connectivity index (χ0) is 14.8. The molecular weight excluding hydrogens is 314 g/mol. The van der Waals surface area contributed by atoms with E-state index in [1.807, 2.05) is 16.9 Å². The molecule has 1 N–H and O–H groups in total. The van der Waals surface area contributed by atoms with Crippen LogP contribution in [0.15, 0.2) is 41.1 Å². The van der Waals surface area contributed by atoms with Gasteiger partial charge in [-0.2, -0.15) is 5.10 Å². The summed E-state index contributed by atoms with van der Waals surface area (Å²) in [7, 11) is 0. The van der Waals surface area contributed by atoms with Crippen LogP contribution < -0.4 is 5.32 Å². The van der Waals surface area contributed by atoms with Gasteiger partial charge >= 0.3 is 0 Å². The molecule has 0 saturated heterocycles. The van der Waals surface area contributed by atoms with E-state index >= 15 is 0 Å². The minimum Gasteiger partial charge on any atom is -0.306 e. The number of rotatable bonds is 4. The Labute approximate surface area is 129 Å². The lowest BCUT2D eigenvalue weighted by molar-refractivity contribution is 0.355. The molecular formula is C16H22BrN3. The van der Waals surface area contributed by atoms with E-state index in [0.717, 1.165) is 11.0 Å². The summed E-state index contributed by atoms with van der Waals surface area (Å²) in [5.74, 6) is 0. The Bertz CT molecular complexity index is 569. The Morgan fingerprint density at radius 2 is 2.10 bits per heavy atom. The molecule has 0 aliphatic carbocycles. The van der Waals surface area contributed by atoms with E-state index in [9.17, 15) is 0 Å². The number of aromatic nitrogens is 2. The maximum absolute atomic E-state index is 4.42. The molecule has 1 aromatic carbocycles. The van der Waals surface area contributed by atoms with E-state index in [1.54, 1.807) is 0 Å². The lowest BCUT2D eigenvalue weighted by Crippen LogP contribution is -2.22. The summed E-state index contributed by atoms with van der Waals surface area (Å²) < 4.78 is 3.12. The van der Waals surface area contributed by atoms with Gasteiger partial charge in [0.1, 0.15) is 0 Å². The third-order valence-electron chi connectivity index (χ3n) is 3.28. The highest BCUT2D eigenvalue weighted by molar-refractivity contribution is 9.10. The van der Waals surface area contributed by atoms with E-state index < -0.39 is 0 Å². The first-order valence-electron chi connectivity index (χ1n) is 6.89. The molecule has 2 aromatic rings. The fourth-order valence-corrected chi connectivity index (χ4v) is 2.40. The molecule has 0 aliphatic rings. The zero-order valence-electron chi connectivity index (χ0n) is 12.5. The van der Waals surface area contributed by atoms with Gasteiger partial charge in [-0.25, -0.2) is 0 Å². The average molecular weight is 336 g/mol. The van der Waals surface area contributed by atoms with Crippen LogP contribution >= 0.6 is 15.9 Å². The van der Waals surface area contributed by atoms with Crippen molar-refractivity contribution in [1.82, 2.24) is 15.1 Å². The summed E-state index contributed by atoms with van der Waals surface area (Å²) >= 11 is 3.51. The Morgan fingerprint density at radius 1 is 1.35 bits per heavy atom. The number of nitrogens with zero attached hydrogens (tertiary/aromatic N) is 2. The first-order chi connectivity index (χ1) is 9.36. The largest absolute Gasteiger partial charge is 0.306 e. The summed E-state index contributed by atoms with van der Waals surface area (Å²) in [5.41, 5.74) is 2.53. The molecule has 2 rings (SSSR count). The Morgan fingerprint density at radius 3 is 2.70 bits per heavy atom. The van der Waals surface area contributed by atoms with E-state index in [1.165, 1.54) is 11.1 Å². The number of hydrogen-bond donors (Lipinski definition) is 1. The summed E-state index contributed by atoms with van der Waals surface area (Å²) in [4.78, 5) is 0. The second-order valence-corrected chi connectivity index (χ2v) is 7.04. The van der Waals surface area contributed by atoms with E-state index in [4.69, 9.17) is 0 Å². The first-order valence-corrected chi connectivity index (χ1v) is 7.68. The number of hydrogen-bond acceptors (Lipinski definition) is 2. The summed E-state index contributed by atoms with van der Waals surface area (Å²) in [6, 6.07) is 8.71. The van der Waals surface area contributed by atoms with Gasteiger partial charge in [-0.1, -0.05) is 28.1 Å². The molecule has 1 atom stereocenters. The van der Waals surface area contributed by atoms with E-state index in [-0.39, 0.29) is 5.54 Å². The zero-order valence-corrected chi connectivity index (χ0v) is 14.1. The van der Waals surface area contributed by atoms with E-state index in [2.05, 4.69) is 78.4 Å². The van der Waals surface area contributed by atoms with Crippen LogP contribution in [0, 0.1) is 0 Å². The van der Waals surface area contributed by atoms with Gasteiger partial charge < -0.3 is 5.32 Å². The fraction of sp³-hybridized carbons (Fsp3) is 0.438. The summed E-state index contributed by atoms with van der Waals surface area (Å²) in [6.07, 6.45) is 4.05. The molecule has 0 unspecified atom stereocenters. The topological polar surface area (TPSA) is 29.9 Å². The molecule has 3 nitrogen and oxygen atoms in total. The SMILES string of the molecule is C[C@H](NCc1cnn(C(C)(C)C)c1)c1cccc(Br)c1. The second kappa shape index (κ2) is 6.10. The van der Waals surface area contributed by atoms with Gasteiger partial charge in [-0.3, -0.25) is 4.68 Å². The van der Waals surface area contributed by atoms with Gasteiger partial charge in [0.2, 0.25) is 0 Å². The molecule has 0 saturated carbocycles.